The molecule has 218 valence electrons. The van der Waals surface area contributed by atoms with Crippen molar-refractivity contribution in [3.63, 3.8) is 0 Å². The number of hydrazone groups is 1. The molecule has 0 bridgehead atoms. The van der Waals surface area contributed by atoms with E-state index in [0.717, 1.165) is 47.5 Å². The number of aryl methyl sites for hydroxylation is 3. The van der Waals surface area contributed by atoms with Gasteiger partial charge in [-0.15, -0.1) is 0 Å². The van der Waals surface area contributed by atoms with Gasteiger partial charge in [0.15, 0.2) is 5.16 Å². The summed E-state index contributed by atoms with van der Waals surface area (Å²) in [5, 5.41) is 12.5. The summed E-state index contributed by atoms with van der Waals surface area (Å²) in [6, 6.07) is 15.0. The largest absolute Gasteiger partial charge is 0.291 e. The fourth-order valence-corrected chi connectivity index (χ4v) is 6.44. The molecule has 0 fully saturated rings. The fourth-order valence-electron chi connectivity index (χ4n) is 5.26. The highest BCUT2D eigenvalue weighted by molar-refractivity contribution is 7.98. The van der Waals surface area contributed by atoms with Gasteiger partial charge in [0.2, 0.25) is 0 Å². The lowest BCUT2D eigenvalue weighted by Crippen LogP contribution is -2.15. The summed E-state index contributed by atoms with van der Waals surface area (Å²) in [7, 11) is 0. The minimum Gasteiger partial charge on any atom is -0.291 e. The third kappa shape index (κ3) is 6.73. The van der Waals surface area contributed by atoms with Crippen molar-refractivity contribution < 1.29 is 13.2 Å². The van der Waals surface area contributed by atoms with E-state index in [-0.39, 0.29) is 28.9 Å². The third-order valence-corrected chi connectivity index (χ3v) is 8.69. The third-order valence-electron chi connectivity index (χ3n) is 7.30. The normalized spacial score (nSPS) is 14.8. The Kier molecular flexibility index (Phi) is 9.38. The molecule has 5 rings (SSSR count). The maximum Gasteiger partial charge on any atom is 0.173 e. The Bertz CT molecular complexity index is 1610. The van der Waals surface area contributed by atoms with Gasteiger partial charge in [0.1, 0.15) is 23.3 Å². The van der Waals surface area contributed by atoms with E-state index in [0.29, 0.717) is 28.6 Å². The van der Waals surface area contributed by atoms with Crippen LogP contribution in [-0.2, 0) is 18.6 Å². The molecule has 0 radical (unpaired) electrons. The standard InChI is InChI=1S/C32H31ClF3N5S/c1-19-15-22(8-13-27(19)33)25-6-3-7-30-31(25)41(24-11-9-23(34)10-12-24)32(39-30)42-18-26-28(35)16-21(17-29(26)36)5-4-14-38-40-20(2)37/h8-17,25H,3-7,18H2,1-2H3,(H2,37,40)/b38-14+. The smallest absolute Gasteiger partial charge is 0.173 e. The second kappa shape index (κ2) is 13.2. The van der Waals surface area contributed by atoms with E-state index < -0.39 is 11.6 Å². The van der Waals surface area contributed by atoms with Crippen LogP contribution in [0.5, 0.6) is 0 Å². The highest BCUT2D eigenvalue weighted by atomic mass is 35.5. The van der Waals surface area contributed by atoms with Gasteiger partial charge in [-0.2, -0.15) is 5.10 Å². The van der Waals surface area contributed by atoms with Gasteiger partial charge >= 0.3 is 0 Å². The molecule has 0 saturated heterocycles. The van der Waals surface area contributed by atoms with E-state index in [1.54, 1.807) is 25.3 Å². The van der Waals surface area contributed by atoms with Gasteiger partial charge in [0, 0.05) is 34.2 Å². The Hall–Kier alpha value is -3.56. The molecule has 1 aromatic heterocycles. The van der Waals surface area contributed by atoms with Crippen LogP contribution in [0.4, 0.5) is 13.2 Å². The minimum atomic E-state index is -0.609. The lowest BCUT2D eigenvalue weighted by atomic mass is 9.83. The van der Waals surface area contributed by atoms with Gasteiger partial charge in [0.25, 0.3) is 0 Å². The van der Waals surface area contributed by atoms with Gasteiger partial charge in [-0.05, 0) is 105 Å². The van der Waals surface area contributed by atoms with E-state index in [1.807, 2.05) is 23.6 Å². The van der Waals surface area contributed by atoms with Gasteiger partial charge in [0.05, 0.1) is 11.4 Å². The monoisotopic (exact) mass is 609 g/mol. The van der Waals surface area contributed by atoms with E-state index >= 15 is 8.78 Å². The van der Waals surface area contributed by atoms with Crippen LogP contribution in [0, 0.1) is 29.8 Å². The molecule has 1 atom stereocenters. The van der Waals surface area contributed by atoms with Crippen molar-refractivity contribution in [1.82, 2.24) is 15.0 Å². The minimum absolute atomic E-state index is 0.0185. The molecule has 1 aliphatic rings. The highest BCUT2D eigenvalue weighted by Crippen LogP contribution is 2.42. The molecule has 0 spiro atoms. The van der Waals surface area contributed by atoms with Crippen molar-refractivity contribution in [1.29, 1.82) is 5.41 Å². The van der Waals surface area contributed by atoms with Crippen molar-refractivity contribution in [2.24, 2.45) is 5.10 Å². The topological polar surface area (TPSA) is 66.1 Å². The molecule has 2 N–H and O–H groups in total. The van der Waals surface area contributed by atoms with Crippen molar-refractivity contribution >= 4 is 35.4 Å². The molecule has 10 heteroatoms. The lowest BCUT2D eigenvalue weighted by Gasteiger charge is -2.25. The SMILES string of the molecule is CC(=N)N/N=C/CCc1cc(F)c(CSc2nc3c(n2-c2ccc(F)cc2)C(c2ccc(Cl)c(C)c2)CCC3)c(F)c1. The number of thioether (sulfide) groups is 1. The number of rotatable bonds is 9. The van der Waals surface area contributed by atoms with Crippen molar-refractivity contribution in [2.45, 2.75) is 62.8 Å². The maximum atomic E-state index is 15.1. The average Bonchev–Trinajstić information content (AvgIpc) is 3.33. The number of benzene rings is 3. The summed E-state index contributed by atoms with van der Waals surface area (Å²) >= 11 is 7.58. The van der Waals surface area contributed by atoms with Gasteiger partial charge < -0.3 is 0 Å². The number of halogens is 4. The zero-order chi connectivity index (χ0) is 29.8. The number of nitrogens with one attached hydrogen (secondary N) is 2. The maximum absolute atomic E-state index is 15.1. The van der Waals surface area contributed by atoms with Crippen molar-refractivity contribution in [2.75, 3.05) is 0 Å². The number of aromatic nitrogens is 2. The fraction of sp³-hybridized carbons (Fsp3) is 0.281. The number of nitrogens with zero attached hydrogens (tertiary/aromatic N) is 3. The Morgan fingerprint density at radius 2 is 1.88 bits per heavy atom. The Labute approximate surface area is 252 Å². The molecule has 1 heterocycles. The summed E-state index contributed by atoms with van der Waals surface area (Å²) in [5.74, 6) is -1.26. The van der Waals surface area contributed by atoms with Gasteiger partial charge in [-0.25, -0.2) is 18.2 Å². The first-order valence-electron chi connectivity index (χ1n) is 13.8. The molecule has 42 heavy (non-hydrogen) atoms. The highest BCUT2D eigenvalue weighted by Gasteiger charge is 2.30. The molecule has 1 aliphatic carbocycles. The average molecular weight is 610 g/mol. The predicted molar refractivity (Wildman–Crippen MR) is 164 cm³/mol. The summed E-state index contributed by atoms with van der Waals surface area (Å²) in [4.78, 5) is 4.95. The van der Waals surface area contributed by atoms with Crippen LogP contribution in [0.1, 0.15) is 65.7 Å². The predicted octanol–water partition coefficient (Wildman–Crippen LogP) is 8.52. The van der Waals surface area contributed by atoms with Crippen LogP contribution in [0.25, 0.3) is 5.69 Å². The van der Waals surface area contributed by atoms with Crippen molar-refractivity contribution in [3.05, 3.63) is 111 Å². The van der Waals surface area contributed by atoms with E-state index in [2.05, 4.69) is 16.6 Å². The molecule has 0 aliphatic heterocycles. The lowest BCUT2D eigenvalue weighted by molar-refractivity contribution is 0.562. The van der Waals surface area contributed by atoms with Crippen LogP contribution < -0.4 is 5.43 Å². The van der Waals surface area contributed by atoms with Crippen LogP contribution in [-0.4, -0.2) is 21.6 Å². The van der Waals surface area contributed by atoms with Gasteiger partial charge in [-0.3, -0.25) is 15.4 Å². The summed E-state index contributed by atoms with van der Waals surface area (Å²) in [5.41, 5.74) is 7.85. The Morgan fingerprint density at radius 1 is 1.14 bits per heavy atom. The molecule has 4 aromatic rings. The zero-order valence-corrected chi connectivity index (χ0v) is 24.9. The van der Waals surface area contributed by atoms with Crippen LogP contribution in [0.3, 0.4) is 0 Å². The summed E-state index contributed by atoms with van der Waals surface area (Å²) < 4.78 is 46.2. The molecular weight excluding hydrogens is 579 g/mol. The van der Waals surface area contributed by atoms with E-state index in [4.69, 9.17) is 22.0 Å². The second-order valence-corrected chi connectivity index (χ2v) is 11.8. The first-order chi connectivity index (χ1) is 20.2. The zero-order valence-electron chi connectivity index (χ0n) is 23.4. The molecule has 0 amide bonds. The molecule has 3 aromatic carbocycles. The first kappa shape index (κ1) is 29.9. The number of imidazole rings is 1. The molecular formula is C32H31ClF3N5S. The second-order valence-electron chi connectivity index (χ2n) is 10.4. The first-order valence-corrected chi connectivity index (χ1v) is 15.1. The van der Waals surface area contributed by atoms with Crippen LogP contribution >= 0.6 is 23.4 Å². The van der Waals surface area contributed by atoms with Gasteiger partial charge in [-0.1, -0.05) is 35.5 Å². The Balaban J connectivity index is 1.45. The van der Waals surface area contributed by atoms with Crippen LogP contribution in [0.15, 0.2) is 64.9 Å². The number of amidine groups is 1. The summed E-state index contributed by atoms with van der Waals surface area (Å²) in [6.45, 7) is 3.55. The van der Waals surface area contributed by atoms with E-state index in [1.165, 1.54) is 36.0 Å². The number of fused-ring (bicyclic) bond motifs is 1. The summed E-state index contributed by atoms with van der Waals surface area (Å²) in [6.07, 6.45) is 5.12. The number of hydrogen-bond acceptors (Lipinski definition) is 4. The quantitative estimate of drug-likeness (QED) is 0.0865. The molecule has 5 nitrogen and oxygen atoms in total. The van der Waals surface area contributed by atoms with E-state index in [9.17, 15) is 4.39 Å². The Morgan fingerprint density at radius 3 is 2.57 bits per heavy atom. The molecule has 0 saturated carbocycles. The van der Waals surface area contributed by atoms with Crippen molar-refractivity contribution in [3.8, 4) is 5.69 Å². The van der Waals surface area contributed by atoms with Crippen LogP contribution in [0.2, 0.25) is 5.02 Å². The molecule has 1 unspecified atom stereocenters. The number of hydrogen-bond donors (Lipinski definition) is 2.